The molecule has 0 bridgehead atoms. The zero-order chi connectivity index (χ0) is 14.0. The Morgan fingerprint density at radius 2 is 2.16 bits per heavy atom. The summed E-state index contributed by atoms with van der Waals surface area (Å²) in [4.78, 5) is 29.1. The van der Waals surface area contributed by atoms with E-state index in [2.05, 4.69) is 14.7 Å². The molecule has 0 aliphatic rings. The standard InChI is InChI=1S/C12H12N2O5/c1-6(15)19-5-9-13-8-4-3-7(12(17)18-2)11(16)10(8)14-9/h3-4,16H,5H2,1-2H3,(H,13,14). The molecule has 7 nitrogen and oxygen atoms in total. The molecule has 2 rings (SSSR count). The maximum atomic E-state index is 11.4. The molecule has 0 radical (unpaired) electrons. The number of carbonyl (C=O) groups is 2. The van der Waals surface area contributed by atoms with Crippen LogP contribution in [0.2, 0.25) is 0 Å². The summed E-state index contributed by atoms with van der Waals surface area (Å²) in [6.07, 6.45) is 0. The number of aromatic nitrogens is 2. The van der Waals surface area contributed by atoms with E-state index in [9.17, 15) is 14.7 Å². The minimum atomic E-state index is -0.649. The molecule has 1 aromatic carbocycles. The highest BCUT2D eigenvalue weighted by Gasteiger charge is 2.17. The SMILES string of the molecule is COC(=O)c1ccc2[nH]c(COC(C)=O)nc2c1O. The molecule has 0 aliphatic heterocycles. The van der Waals surface area contributed by atoms with Crippen LogP contribution in [0.5, 0.6) is 5.75 Å². The molecule has 0 unspecified atom stereocenters. The summed E-state index contributed by atoms with van der Waals surface area (Å²) >= 11 is 0. The van der Waals surface area contributed by atoms with Gasteiger partial charge in [0.05, 0.1) is 12.6 Å². The van der Waals surface area contributed by atoms with E-state index in [0.29, 0.717) is 11.3 Å². The number of methoxy groups -OCH3 is 1. The second kappa shape index (κ2) is 4.97. The van der Waals surface area contributed by atoms with Crippen LogP contribution in [0.1, 0.15) is 23.1 Å². The van der Waals surface area contributed by atoms with Gasteiger partial charge in [-0.15, -0.1) is 0 Å². The summed E-state index contributed by atoms with van der Waals surface area (Å²) in [5.74, 6) is -0.971. The van der Waals surface area contributed by atoms with Gasteiger partial charge in [-0.1, -0.05) is 0 Å². The van der Waals surface area contributed by atoms with Gasteiger partial charge in [0.1, 0.15) is 23.5 Å². The summed E-state index contributed by atoms with van der Waals surface area (Å²) < 4.78 is 9.34. The number of phenols is 1. The van der Waals surface area contributed by atoms with Crippen molar-refractivity contribution in [2.24, 2.45) is 0 Å². The number of esters is 2. The van der Waals surface area contributed by atoms with Gasteiger partial charge in [-0.2, -0.15) is 0 Å². The lowest BCUT2D eigenvalue weighted by Gasteiger charge is -2.01. The third-order valence-corrected chi connectivity index (χ3v) is 2.49. The Labute approximate surface area is 108 Å². The average Bonchev–Trinajstić information content (AvgIpc) is 2.80. The fourth-order valence-corrected chi connectivity index (χ4v) is 1.63. The number of phenolic OH excluding ortho intramolecular Hbond substituents is 1. The highest BCUT2D eigenvalue weighted by molar-refractivity contribution is 5.98. The Hall–Kier alpha value is -2.57. The molecule has 0 spiro atoms. The fourth-order valence-electron chi connectivity index (χ4n) is 1.63. The third kappa shape index (κ3) is 2.49. The van der Waals surface area contributed by atoms with E-state index in [0.717, 1.165) is 0 Å². The maximum absolute atomic E-state index is 11.4. The Kier molecular flexibility index (Phi) is 3.37. The monoisotopic (exact) mass is 264 g/mol. The second-order valence-electron chi connectivity index (χ2n) is 3.81. The van der Waals surface area contributed by atoms with Crippen LogP contribution in [0.3, 0.4) is 0 Å². The summed E-state index contributed by atoms with van der Waals surface area (Å²) in [5.41, 5.74) is 0.790. The van der Waals surface area contributed by atoms with E-state index < -0.39 is 11.9 Å². The van der Waals surface area contributed by atoms with Crippen LogP contribution in [0.15, 0.2) is 12.1 Å². The molecule has 100 valence electrons. The van der Waals surface area contributed by atoms with E-state index >= 15 is 0 Å². The highest BCUT2D eigenvalue weighted by Crippen LogP contribution is 2.27. The Bertz CT molecular complexity index is 647. The zero-order valence-corrected chi connectivity index (χ0v) is 10.4. The van der Waals surface area contributed by atoms with E-state index in [1.54, 1.807) is 6.07 Å². The van der Waals surface area contributed by atoms with Gasteiger partial charge in [-0.3, -0.25) is 4.79 Å². The molecular weight excluding hydrogens is 252 g/mol. The molecule has 0 saturated heterocycles. The normalized spacial score (nSPS) is 10.4. The van der Waals surface area contributed by atoms with Gasteiger partial charge in [0.25, 0.3) is 0 Å². The summed E-state index contributed by atoms with van der Waals surface area (Å²) in [5, 5.41) is 9.95. The highest BCUT2D eigenvalue weighted by atomic mass is 16.5. The number of benzene rings is 1. The van der Waals surface area contributed by atoms with Gasteiger partial charge in [-0.25, -0.2) is 9.78 Å². The van der Waals surface area contributed by atoms with Gasteiger partial charge in [0.2, 0.25) is 0 Å². The van der Waals surface area contributed by atoms with Crippen molar-refractivity contribution in [3.05, 3.63) is 23.5 Å². The number of fused-ring (bicyclic) bond motifs is 1. The molecule has 0 fully saturated rings. The van der Waals surface area contributed by atoms with Crippen LogP contribution in [0.25, 0.3) is 11.0 Å². The minimum absolute atomic E-state index is 0.0283. The number of nitrogens with one attached hydrogen (secondary N) is 1. The van der Waals surface area contributed by atoms with Crippen molar-refractivity contribution in [1.29, 1.82) is 0 Å². The molecule has 7 heteroatoms. The molecule has 19 heavy (non-hydrogen) atoms. The van der Waals surface area contributed by atoms with Gasteiger partial charge >= 0.3 is 11.9 Å². The third-order valence-electron chi connectivity index (χ3n) is 2.49. The van der Waals surface area contributed by atoms with Crippen LogP contribution in [0, 0.1) is 0 Å². The number of rotatable bonds is 3. The molecular formula is C12H12N2O5. The van der Waals surface area contributed by atoms with Gasteiger partial charge in [0, 0.05) is 6.92 Å². The van der Waals surface area contributed by atoms with Crippen LogP contribution >= 0.6 is 0 Å². The van der Waals surface area contributed by atoms with Gasteiger partial charge < -0.3 is 19.6 Å². The van der Waals surface area contributed by atoms with Crippen molar-refractivity contribution < 1.29 is 24.2 Å². The van der Waals surface area contributed by atoms with Gasteiger partial charge in [0.15, 0.2) is 5.75 Å². The quantitative estimate of drug-likeness (QED) is 0.805. The second-order valence-corrected chi connectivity index (χ2v) is 3.81. The molecule has 0 saturated carbocycles. The minimum Gasteiger partial charge on any atom is -0.505 e. The lowest BCUT2D eigenvalue weighted by atomic mass is 10.2. The summed E-state index contributed by atoms with van der Waals surface area (Å²) in [6.45, 7) is 1.26. The van der Waals surface area contributed by atoms with Crippen LogP contribution in [-0.2, 0) is 20.9 Å². The van der Waals surface area contributed by atoms with Crippen molar-refractivity contribution in [2.45, 2.75) is 13.5 Å². The van der Waals surface area contributed by atoms with Crippen molar-refractivity contribution in [3.63, 3.8) is 0 Å². The molecule has 1 heterocycles. The number of ether oxygens (including phenoxy) is 2. The largest absolute Gasteiger partial charge is 0.505 e. The maximum Gasteiger partial charge on any atom is 0.341 e. The topological polar surface area (TPSA) is 102 Å². The molecule has 1 aromatic heterocycles. The smallest absolute Gasteiger partial charge is 0.341 e. The average molecular weight is 264 g/mol. The predicted molar refractivity (Wildman–Crippen MR) is 64.6 cm³/mol. The van der Waals surface area contributed by atoms with E-state index in [1.807, 2.05) is 0 Å². The van der Waals surface area contributed by atoms with Crippen LogP contribution < -0.4 is 0 Å². The van der Waals surface area contributed by atoms with Gasteiger partial charge in [-0.05, 0) is 12.1 Å². The number of nitrogens with zero attached hydrogens (tertiary/aromatic N) is 1. The summed E-state index contributed by atoms with van der Waals surface area (Å²) in [6, 6.07) is 3.02. The van der Waals surface area contributed by atoms with Crippen LogP contribution in [-0.4, -0.2) is 34.1 Å². The number of hydrogen-bond donors (Lipinski definition) is 2. The number of aromatic amines is 1. The molecule has 2 aromatic rings. The fraction of sp³-hybridized carbons (Fsp3) is 0.250. The number of imidazole rings is 1. The molecule has 0 atom stereocenters. The number of H-pyrrole nitrogens is 1. The molecule has 0 aliphatic carbocycles. The first-order valence-corrected chi connectivity index (χ1v) is 5.45. The zero-order valence-electron chi connectivity index (χ0n) is 10.4. The lowest BCUT2D eigenvalue weighted by molar-refractivity contribution is -0.142. The Morgan fingerprint density at radius 1 is 1.42 bits per heavy atom. The summed E-state index contributed by atoms with van der Waals surface area (Å²) in [7, 11) is 1.22. The lowest BCUT2D eigenvalue weighted by Crippen LogP contribution is -2.01. The predicted octanol–water partition coefficient (Wildman–Crippen LogP) is 1.12. The van der Waals surface area contributed by atoms with Crippen molar-refractivity contribution in [2.75, 3.05) is 7.11 Å². The van der Waals surface area contributed by atoms with Crippen molar-refractivity contribution in [1.82, 2.24) is 9.97 Å². The molecule has 2 N–H and O–H groups in total. The number of carbonyl (C=O) groups excluding carboxylic acids is 2. The first-order chi connectivity index (χ1) is 9.02. The molecule has 0 amide bonds. The Balaban J connectivity index is 2.40. The van der Waals surface area contributed by atoms with E-state index in [1.165, 1.54) is 20.1 Å². The van der Waals surface area contributed by atoms with Crippen molar-refractivity contribution >= 4 is 23.0 Å². The van der Waals surface area contributed by atoms with Crippen molar-refractivity contribution in [3.8, 4) is 5.75 Å². The first-order valence-electron chi connectivity index (χ1n) is 5.45. The number of hydrogen-bond acceptors (Lipinski definition) is 6. The first kappa shape index (κ1) is 12.9. The van der Waals surface area contributed by atoms with E-state index in [-0.39, 0.29) is 23.4 Å². The number of aromatic hydroxyl groups is 1. The van der Waals surface area contributed by atoms with E-state index in [4.69, 9.17) is 4.74 Å². The Morgan fingerprint density at radius 3 is 2.79 bits per heavy atom. The van der Waals surface area contributed by atoms with Crippen LogP contribution in [0.4, 0.5) is 0 Å².